The van der Waals surface area contributed by atoms with Crippen molar-refractivity contribution in [1.29, 1.82) is 0 Å². The molecule has 5 rings (SSSR count). The van der Waals surface area contributed by atoms with E-state index in [0.717, 1.165) is 48.3 Å². The standard InChI is InChI=1S/C24H24N4O2/c29-24(27-12-6-1-2-7-13-27)20-15-22(18-9-4-3-5-10-18)26-23-21(20)16-25-28(23)17-19-11-8-14-30-19/h3-5,8-11,14-16H,1-2,6-7,12-13,17H2. The molecule has 1 aromatic carbocycles. The van der Waals surface area contributed by atoms with Crippen molar-refractivity contribution in [2.45, 2.75) is 32.2 Å². The third kappa shape index (κ3) is 3.61. The zero-order valence-corrected chi connectivity index (χ0v) is 16.8. The second-order valence-electron chi connectivity index (χ2n) is 7.75. The van der Waals surface area contributed by atoms with Crippen molar-refractivity contribution in [2.24, 2.45) is 0 Å². The number of rotatable bonds is 4. The van der Waals surface area contributed by atoms with Crippen molar-refractivity contribution in [3.63, 3.8) is 0 Å². The molecule has 1 aliphatic heterocycles. The predicted molar refractivity (Wildman–Crippen MR) is 115 cm³/mol. The molecule has 152 valence electrons. The first-order valence-electron chi connectivity index (χ1n) is 10.5. The summed E-state index contributed by atoms with van der Waals surface area (Å²) in [5.74, 6) is 0.867. The van der Waals surface area contributed by atoms with E-state index in [9.17, 15) is 4.79 Å². The lowest BCUT2D eigenvalue weighted by Crippen LogP contribution is -2.32. The molecule has 1 fully saturated rings. The van der Waals surface area contributed by atoms with Crippen LogP contribution in [0.4, 0.5) is 0 Å². The molecule has 30 heavy (non-hydrogen) atoms. The van der Waals surface area contributed by atoms with E-state index in [-0.39, 0.29) is 5.91 Å². The summed E-state index contributed by atoms with van der Waals surface area (Å²) < 4.78 is 7.30. The normalized spacial score (nSPS) is 14.7. The summed E-state index contributed by atoms with van der Waals surface area (Å²) in [6.07, 6.45) is 7.90. The highest BCUT2D eigenvalue weighted by Gasteiger charge is 2.23. The molecule has 0 unspecified atom stereocenters. The molecule has 4 aromatic rings. The Labute approximate surface area is 175 Å². The minimum absolute atomic E-state index is 0.0685. The first kappa shape index (κ1) is 18.6. The van der Waals surface area contributed by atoms with Crippen LogP contribution in [-0.4, -0.2) is 38.7 Å². The zero-order chi connectivity index (χ0) is 20.3. The molecule has 3 aromatic heterocycles. The van der Waals surface area contributed by atoms with Gasteiger partial charge in [0.05, 0.1) is 29.1 Å². The van der Waals surface area contributed by atoms with Crippen LogP contribution in [0.15, 0.2) is 65.4 Å². The van der Waals surface area contributed by atoms with Gasteiger partial charge >= 0.3 is 0 Å². The van der Waals surface area contributed by atoms with Gasteiger partial charge in [0.1, 0.15) is 12.3 Å². The second-order valence-corrected chi connectivity index (χ2v) is 7.75. The molecule has 1 saturated heterocycles. The van der Waals surface area contributed by atoms with Crippen LogP contribution in [0.3, 0.4) is 0 Å². The van der Waals surface area contributed by atoms with Gasteiger partial charge in [-0.1, -0.05) is 43.2 Å². The van der Waals surface area contributed by atoms with Gasteiger partial charge in [0.2, 0.25) is 0 Å². The fraction of sp³-hybridized carbons (Fsp3) is 0.292. The summed E-state index contributed by atoms with van der Waals surface area (Å²) in [6, 6.07) is 15.7. The molecular formula is C24H24N4O2. The molecule has 6 heteroatoms. The molecule has 0 saturated carbocycles. The van der Waals surface area contributed by atoms with E-state index >= 15 is 0 Å². The van der Waals surface area contributed by atoms with Gasteiger partial charge in [-0.25, -0.2) is 9.67 Å². The molecule has 0 radical (unpaired) electrons. The quantitative estimate of drug-likeness (QED) is 0.496. The average molecular weight is 400 g/mol. The Bertz CT molecular complexity index is 1140. The molecule has 4 heterocycles. The summed E-state index contributed by atoms with van der Waals surface area (Å²) in [5.41, 5.74) is 3.13. The molecule has 0 atom stereocenters. The van der Waals surface area contributed by atoms with Crippen LogP contribution in [0.25, 0.3) is 22.3 Å². The Morgan fingerprint density at radius 1 is 1.00 bits per heavy atom. The van der Waals surface area contributed by atoms with Crippen molar-refractivity contribution in [2.75, 3.05) is 13.1 Å². The molecular weight excluding hydrogens is 376 g/mol. The number of fused-ring (bicyclic) bond motifs is 1. The van der Waals surface area contributed by atoms with E-state index in [2.05, 4.69) is 5.10 Å². The highest BCUT2D eigenvalue weighted by molar-refractivity contribution is 6.06. The number of likely N-dealkylation sites (tertiary alicyclic amines) is 1. The Kier molecular flexibility index (Phi) is 5.05. The molecule has 6 nitrogen and oxygen atoms in total. The van der Waals surface area contributed by atoms with E-state index in [0.29, 0.717) is 17.8 Å². The van der Waals surface area contributed by atoms with Crippen LogP contribution in [0, 0.1) is 0 Å². The SMILES string of the molecule is O=C(c1cc(-c2ccccc2)nc2c1cnn2Cc1ccco1)N1CCCCCC1. The van der Waals surface area contributed by atoms with Gasteiger partial charge in [-0.3, -0.25) is 4.79 Å². The monoisotopic (exact) mass is 400 g/mol. The van der Waals surface area contributed by atoms with Gasteiger partial charge in [0.25, 0.3) is 5.91 Å². The number of benzene rings is 1. The molecule has 0 N–H and O–H groups in total. The fourth-order valence-electron chi connectivity index (χ4n) is 4.09. The summed E-state index contributed by atoms with van der Waals surface area (Å²) in [5, 5.41) is 5.32. The summed E-state index contributed by atoms with van der Waals surface area (Å²) in [7, 11) is 0. The average Bonchev–Trinajstić information content (AvgIpc) is 3.36. The molecule has 0 spiro atoms. The zero-order valence-electron chi connectivity index (χ0n) is 16.8. The van der Waals surface area contributed by atoms with Crippen molar-refractivity contribution in [3.05, 3.63) is 72.3 Å². The number of amides is 1. The minimum Gasteiger partial charge on any atom is -0.467 e. The maximum Gasteiger partial charge on any atom is 0.254 e. The van der Waals surface area contributed by atoms with Crippen LogP contribution >= 0.6 is 0 Å². The number of hydrogen-bond donors (Lipinski definition) is 0. The topological polar surface area (TPSA) is 64.2 Å². The van der Waals surface area contributed by atoms with Crippen molar-refractivity contribution < 1.29 is 9.21 Å². The Morgan fingerprint density at radius 3 is 2.53 bits per heavy atom. The summed E-state index contributed by atoms with van der Waals surface area (Å²) >= 11 is 0. The van der Waals surface area contributed by atoms with Gasteiger partial charge < -0.3 is 9.32 Å². The molecule has 0 bridgehead atoms. The predicted octanol–water partition coefficient (Wildman–Crippen LogP) is 4.76. The number of furan rings is 1. The lowest BCUT2D eigenvalue weighted by atomic mass is 10.1. The smallest absolute Gasteiger partial charge is 0.254 e. The fourth-order valence-corrected chi connectivity index (χ4v) is 4.09. The highest BCUT2D eigenvalue weighted by atomic mass is 16.3. The number of pyridine rings is 1. The van der Waals surface area contributed by atoms with Gasteiger partial charge in [0, 0.05) is 18.7 Å². The lowest BCUT2D eigenvalue weighted by molar-refractivity contribution is 0.0763. The van der Waals surface area contributed by atoms with Crippen LogP contribution in [0.1, 0.15) is 41.8 Å². The van der Waals surface area contributed by atoms with E-state index < -0.39 is 0 Å². The van der Waals surface area contributed by atoms with E-state index in [1.165, 1.54) is 12.8 Å². The van der Waals surface area contributed by atoms with E-state index in [1.807, 2.05) is 53.4 Å². The van der Waals surface area contributed by atoms with Crippen molar-refractivity contribution in [1.82, 2.24) is 19.7 Å². The number of aromatic nitrogens is 3. The third-order valence-electron chi connectivity index (χ3n) is 5.69. The Hall–Kier alpha value is -3.41. The van der Waals surface area contributed by atoms with Gasteiger partial charge in [-0.2, -0.15) is 5.10 Å². The number of hydrogen-bond acceptors (Lipinski definition) is 4. The Balaban J connectivity index is 1.62. The molecule has 0 aliphatic carbocycles. The molecule has 1 amide bonds. The van der Waals surface area contributed by atoms with Crippen molar-refractivity contribution >= 4 is 16.9 Å². The Morgan fingerprint density at radius 2 is 1.80 bits per heavy atom. The van der Waals surface area contributed by atoms with Crippen LogP contribution in [0.2, 0.25) is 0 Å². The number of carbonyl (C=O) groups excluding carboxylic acids is 1. The third-order valence-corrected chi connectivity index (χ3v) is 5.69. The van der Waals surface area contributed by atoms with E-state index in [4.69, 9.17) is 9.40 Å². The minimum atomic E-state index is 0.0685. The van der Waals surface area contributed by atoms with E-state index in [1.54, 1.807) is 17.1 Å². The van der Waals surface area contributed by atoms with Crippen molar-refractivity contribution in [3.8, 4) is 11.3 Å². The van der Waals surface area contributed by atoms with Crippen LogP contribution in [-0.2, 0) is 6.54 Å². The number of carbonyl (C=O) groups is 1. The highest BCUT2D eigenvalue weighted by Crippen LogP contribution is 2.27. The largest absolute Gasteiger partial charge is 0.467 e. The van der Waals surface area contributed by atoms with Gasteiger partial charge in [-0.05, 0) is 31.0 Å². The second kappa shape index (κ2) is 8.14. The molecule has 1 aliphatic rings. The van der Waals surface area contributed by atoms with Crippen LogP contribution in [0.5, 0.6) is 0 Å². The lowest BCUT2D eigenvalue weighted by Gasteiger charge is -2.21. The maximum atomic E-state index is 13.5. The first-order chi connectivity index (χ1) is 14.8. The maximum absolute atomic E-state index is 13.5. The van der Waals surface area contributed by atoms with Gasteiger partial charge in [-0.15, -0.1) is 0 Å². The summed E-state index contributed by atoms with van der Waals surface area (Å²) in [4.78, 5) is 20.4. The summed E-state index contributed by atoms with van der Waals surface area (Å²) in [6.45, 7) is 2.09. The first-order valence-corrected chi connectivity index (χ1v) is 10.5. The van der Waals surface area contributed by atoms with Gasteiger partial charge in [0.15, 0.2) is 5.65 Å². The number of nitrogens with zero attached hydrogens (tertiary/aromatic N) is 4. The van der Waals surface area contributed by atoms with Crippen LogP contribution < -0.4 is 0 Å².